The number of urea groups is 1. The molecule has 0 spiro atoms. The second kappa shape index (κ2) is 9.96. The molecule has 0 aromatic heterocycles. The Labute approximate surface area is 183 Å². The van der Waals surface area contributed by atoms with Crippen molar-refractivity contribution < 1.29 is 9.59 Å². The van der Waals surface area contributed by atoms with E-state index in [0.29, 0.717) is 13.1 Å². The van der Waals surface area contributed by atoms with Gasteiger partial charge in [0.1, 0.15) is 0 Å². The number of fused-ring (bicyclic) bond motifs is 1. The fourth-order valence-corrected chi connectivity index (χ4v) is 4.16. The number of halogens is 1. The van der Waals surface area contributed by atoms with Gasteiger partial charge in [-0.1, -0.05) is 29.8 Å². The van der Waals surface area contributed by atoms with Crippen LogP contribution in [0.1, 0.15) is 29.5 Å². The predicted molar refractivity (Wildman–Crippen MR) is 122 cm³/mol. The molecule has 6 nitrogen and oxygen atoms in total. The number of carbonyl (C=O) groups is 2. The van der Waals surface area contributed by atoms with Gasteiger partial charge in [-0.15, -0.1) is 12.4 Å². The SMILES string of the molecule is Cc1ccc(NC(=O)Nc2cccc3c2CCN(C(=O)C2CCCNC2)C3)cc1.Cl. The molecule has 2 heterocycles. The van der Waals surface area contributed by atoms with Crippen molar-refractivity contribution in [1.82, 2.24) is 10.2 Å². The number of nitrogens with one attached hydrogen (secondary N) is 3. The maximum absolute atomic E-state index is 12.9. The van der Waals surface area contributed by atoms with E-state index in [-0.39, 0.29) is 30.3 Å². The Balaban J connectivity index is 0.00000256. The fourth-order valence-electron chi connectivity index (χ4n) is 4.16. The van der Waals surface area contributed by atoms with Crippen LogP contribution in [0.2, 0.25) is 0 Å². The zero-order valence-electron chi connectivity index (χ0n) is 17.2. The number of aryl methyl sites for hydroxylation is 1. The van der Waals surface area contributed by atoms with Crippen molar-refractivity contribution in [2.75, 3.05) is 30.3 Å². The lowest BCUT2D eigenvalue weighted by Crippen LogP contribution is -2.45. The molecular formula is C23H29ClN4O2. The molecule has 30 heavy (non-hydrogen) atoms. The standard InChI is InChI=1S/C23H28N4O2.ClH/c1-16-7-9-19(10-8-16)25-23(29)26-21-6-2-4-18-15-27(13-11-20(18)21)22(28)17-5-3-12-24-14-17;/h2,4,6-10,17,24H,3,5,11-15H2,1H3,(H2,25,26,29);1H. The minimum Gasteiger partial charge on any atom is -0.338 e. The van der Waals surface area contributed by atoms with Gasteiger partial charge in [0.15, 0.2) is 0 Å². The summed E-state index contributed by atoms with van der Waals surface area (Å²) in [7, 11) is 0. The van der Waals surface area contributed by atoms with Crippen molar-refractivity contribution in [2.45, 2.75) is 32.7 Å². The molecule has 1 atom stereocenters. The van der Waals surface area contributed by atoms with Crippen molar-refractivity contribution in [3.63, 3.8) is 0 Å². The Bertz CT molecular complexity index is 895. The van der Waals surface area contributed by atoms with Gasteiger partial charge in [0.2, 0.25) is 5.91 Å². The summed E-state index contributed by atoms with van der Waals surface area (Å²) in [5.41, 5.74) is 4.96. The maximum Gasteiger partial charge on any atom is 0.323 e. The highest BCUT2D eigenvalue weighted by Gasteiger charge is 2.29. The van der Waals surface area contributed by atoms with Crippen molar-refractivity contribution in [3.8, 4) is 0 Å². The number of anilines is 2. The molecule has 1 fully saturated rings. The summed E-state index contributed by atoms with van der Waals surface area (Å²) >= 11 is 0. The third-order valence-corrected chi connectivity index (χ3v) is 5.78. The van der Waals surface area contributed by atoms with Gasteiger partial charge < -0.3 is 20.9 Å². The molecule has 3 amide bonds. The third-order valence-electron chi connectivity index (χ3n) is 5.78. The molecule has 3 N–H and O–H groups in total. The molecule has 4 rings (SSSR count). The molecule has 1 saturated heterocycles. The lowest BCUT2D eigenvalue weighted by Gasteiger charge is -2.34. The van der Waals surface area contributed by atoms with E-state index in [1.54, 1.807) is 0 Å². The van der Waals surface area contributed by atoms with Gasteiger partial charge >= 0.3 is 6.03 Å². The number of piperidine rings is 1. The topological polar surface area (TPSA) is 73.5 Å². The molecule has 0 saturated carbocycles. The van der Waals surface area contributed by atoms with Gasteiger partial charge in [-0.2, -0.15) is 0 Å². The lowest BCUT2D eigenvalue weighted by atomic mass is 9.94. The summed E-state index contributed by atoms with van der Waals surface area (Å²) in [4.78, 5) is 27.3. The summed E-state index contributed by atoms with van der Waals surface area (Å²) in [5, 5.41) is 9.18. The first kappa shape index (κ1) is 22.1. The monoisotopic (exact) mass is 428 g/mol. The molecular weight excluding hydrogens is 400 g/mol. The largest absolute Gasteiger partial charge is 0.338 e. The summed E-state index contributed by atoms with van der Waals surface area (Å²) in [6, 6.07) is 13.4. The van der Waals surface area contributed by atoms with E-state index in [4.69, 9.17) is 0 Å². The summed E-state index contributed by atoms with van der Waals surface area (Å²) < 4.78 is 0. The Morgan fingerprint density at radius 2 is 1.90 bits per heavy atom. The first-order valence-electron chi connectivity index (χ1n) is 10.3. The number of carbonyl (C=O) groups excluding carboxylic acids is 2. The number of benzene rings is 2. The highest BCUT2D eigenvalue weighted by Crippen LogP contribution is 2.28. The number of amides is 3. The van der Waals surface area contributed by atoms with Gasteiger partial charge in [0.25, 0.3) is 0 Å². The molecule has 2 aliphatic heterocycles. The van der Waals surface area contributed by atoms with Gasteiger partial charge in [0.05, 0.1) is 5.92 Å². The van der Waals surface area contributed by atoms with Gasteiger partial charge in [0, 0.05) is 31.0 Å². The molecule has 0 radical (unpaired) electrons. The summed E-state index contributed by atoms with van der Waals surface area (Å²) in [6.07, 6.45) is 2.78. The van der Waals surface area contributed by atoms with Crippen LogP contribution in [0.3, 0.4) is 0 Å². The number of rotatable bonds is 3. The van der Waals surface area contributed by atoms with Gasteiger partial charge in [-0.3, -0.25) is 4.79 Å². The van der Waals surface area contributed by atoms with Gasteiger partial charge in [-0.05, 0) is 62.1 Å². The average Bonchev–Trinajstić information content (AvgIpc) is 2.75. The minimum absolute atomic E-state index is 0. The second-order valence-corrected chi connectivity index (χ2v) is 7.94. The van der Waals surface area contributed by atoms with Crippen LogP contribution in [0.5, 0.6) is 0 Å². The van der Waals surface area contributed by atoms with Crippen LogP contribution < -0.4 is 16.0 Å². The highest BCUT2D eigenvalue weighted by atomic mass is 35.5. The molecule has 1 unspecified atom stereocenters. The van der Waals surface area contributed by atoms with Gasteiger partial charge in [-0.25, -0.2) is 4.79 Å². The average molecular weight is 429 g/mol. The van der Waals surface area contributed by atoms with Crippen LogP contribution in [0.15, 0.2) is 42.5 Å². The molecule has 0 aliphatic carbocycles. The molecule has 160 valence electrons. The zero-order valence-corrected chi connectivity index (χ0v) is 18.1. The molecule has 7 heteroatoms. The van der Waals surface area contributed by atoms with E-state index in [2.05, 4.69) is 22.0 Å². The number of hydrogen-bond donors (Lipinski definition) is 3. The lowest BCUT2D eigenvalue weighted by molar-refractivity contribution is -0.137. The molecule has 2 aromatic carbocycles. The normalized spacial score (nSPS) is 18.0. The van der Waals surface area contributed by atoms with E-state index in [1.807, 2.05) is 48.2 Å². The van der Waals surface area contributed by atoms with Crippen LogP contribution in [-0.4, -0.2) is 36.5 Å². The van der Waals surface area contributed by atoms with Crippen molar-refractivity contribution in [2.24, 2.45) is 5.92 Å². The van der Waals surface area contributed by atoms with Crippen LogP contribution in [0, 0.1) is 12.8 Å². The van der Waals surface area contributed by atoms with E-state index in [0.717, 1.165) is 60.4 Å². The Hall–Kier alpha value is -2.57. The number of nitrogens with zero attached hydrogens (tertiary/aromatic N) is 1. The van der Waals surface area contributed by atoms with Crippen LogP contribution >= 0.6 is 12.4 Å². The predicted octanol–water partition coefficient (Wildman–Crippen LogP) is 3.95. The molecule has 2 aliphatic rings. The minimum atomic E-state index is -0.256. The first-order chi connectivity index (χ1) is 14.1. The van der Waals surface area contributed by atoms with Crippen molar-refractivity contribution in [3.05, 3.63) is 59.2 Å². The van der Waals surface area contributed by atoms with Crippen LogP contribution in [0.4, 0.5) is 16.2 Å². The Morgan fingerprint density at radius 3 is 2.63 bits per heavy atom. The quantitative estimate of drug-likeness (QED) is 0.693. The molecule has 0 bridgehead atoms. The number of hydrogen-bond acceptors (Lipinski definition) is 3. The maximum atomic E-state index is 12.9. The van der Waals surface area contributed by atoms with E-state index >= 15 is 0 Å². The summed E-state index contributed by atoms with van der Waals surface area (Å²) in [5.74, 6) is 0.338. The van der Waals surface area contributed by atoms with Crippen LogP contribution in [0.25, 0.3) is 0 Å². The van der Waals surface area contributed by atoms with E-state index in [9.17, 15) is 9.59 Å². The van der Waals surface area contributed by atoms with Crippen molar-refractivity contribution in [1.29, 1.82) is 0 Å². The Morgan fingerprint density at radius 1 is 1.10 bits per heavy atom. The van der Waals surface area contributed by atoms with Crippen molar-refractivity contribution >= 4 is 35.7 Å². The van der Waals surface area contributed by atoms with E-state index < -0.39 is 0 Å². The third kappa shape index (κ3) is 5.12. The second-order valence-electron chi connectivity index (χ2n) is 7.94. The first-order valence-corrected chi connectivity index (χ1v) is 10.3. The van der Waals surface area contributed by atoms with Crippen LogP contribution in [-0.2, 0) is 17.8 Å². The zero-order chi connectivity index (χ0) is 20.2. The summed E-state index contributed by atoms with van der Waals surface area (Å²) in [6.45, 7) is 5.11. The molecule has 2 aromatic rings. The smallest absolute Gasteiger partial charge is 0.323 e. The fraction of sp³-hybridized carbons (Fsp3) is 0.391. The van der Waals surface area contributed by atoms with E-state index in [1.165, 1.54) is 0 Å². The Kier molecular flexibility index (Phi) is 7.34. The highest BCUT2D eigenvalue weighted by molar-refractivity contribution is 6.00.